The van der Waals surface area contributed by atoms with Crippen LogP contribution in [0.4, 0.5) is 4.39 Å². The minimum Gasteiger partial charge on any atom is -0.463 e. The van der Waals surface area contributed by atoms with Crippen molar-refractivity contribution in [3.8, 4) is 11.1 Å². The average molecular weight is 504 g/mol. The molecule has 0 amide bonds. The maximum absolute atomic E-state index is 16.0. The van der Waals surface area contributed by atoms with Gasteiger partial charge in [-0.25, -0.2) is 17.5 Å². The normalized spacial score (nSPS) is 20.1. The van der Waals surface area contributed by atoms with Crippen LogP contribution in [0.15, 0.2) is 45.9 Å². The topological polar surface area (TPSA) is 121 Å². The fourth-order valence-corrected chi connectivity index (χ4v) is 5.34. The van der Waals surface area contributed by atoms with E-state index in [1.807, 2.05) is 26.8 Å². The van der Waals surface area contributed by atoms with Crippen LogP contribution in [0.25, 0.3) is 22.1 Å². The standard InChI is InChI=1S/C25H30FN3O5S/c1-24(2,3)19-12-15(16-7-5-10-28-23(16)31)11-17-18(13-34-21(17)19)20(30)22(29-35(4,32)33)25(26)8-6-9-27-14-25/h5,7,10-13,22,27,29H,6,8-9,14H2,1-4H3,(H,28,31). The summed E-state index contributed by atoms with van der Waals surface area (Å²) in [7, 11) is -3.90. The Morgan fingerprint density at radius 2 is 2.03 bits per heavy atom. The number of furan rings is 1. The van der Waals surface area contributed by atoms with Crippen molar-refractivity contribution in [3.05, 3.63) is 58.2 Å². The highest BCUT2D eigenvalue weighted by atomic mass is 32.2. The lowest BCUT2D eigenvalue weighted by Crippen LogP contribution is -2.60. The van der Waals surface area contributed by atoms with E-state index in [-0.39, 0.29) is 24.1 Å². The van der Waals surface area contributed by atoms with Crippen LogP contribution in [0.3, 0.4) is 0 Å². The summed E-state index contributed by atoms with van der Waals surface area (Å²) in [5, 5.41) is 3.32. The molecule has 0 aliphatic carbocycles. The Labute approximate surface area is 203 Å². The second kappa shape index (κ2) is 9.00. The first-order chi connectivity index (χ1) is 16.3. The number of piperidine rings is 1. The summed E-state index contributed by atoms with van der Waals surface area (Å²) in [6.07, 6.45) is 4.18. The maximum atomic E-state index is 16.0. The first kappa shape index (κ1) is 25.3. The number of carbonyl (C=O) groups excluding carboxylic acids is 1. The van der Waals surface area contributed by atoms with Gasteiger partial charge < -0.3 is 14.7 Å². The van der Waals surface area contributed by atoms with Crippen molar-refractivity contribution in [3.63, 3.8) is 0 Å². The quantitative estimate of drug-likeness (QED) is 0.444. The Bertz CT molecular complexity index is 1430. The zero-order chi connectivity index (χ0) is 25.6. The minimum absolute atomic E-state index is 0.0343. The molecule has 0 bridgehead atoms. The van der Waals surface area contributed by atoms with E-state index in [1.165, 1.54) is 12.5 Å². The molecule has 4 rings (SSSR count). The van der Waals surface area contributed by atoms with E-state index < -0.39 is 32.9 Å². The first-order valence-electron chi connectivity index (χ1n) is 11.5. The van der Waals surface area contributed by atoms with Crippen molar-refractivity contribution < 1.29 is 22.0 Å². The molecule has 0 spiro atoms. The summed E-state index contributed by atoms with van der Waals surface area (Å²) in [6.45, 7) is 6.36. The second-order valence-corrected chi connectivity index (χ2v) is 12.0. The van der Waals surface area contributed by atoms with Crippen molar-refractivity contribution in [1.29, 1.82) is 0 Å². The minimum atomic E-state index is -3.90. The van der Waals surface area contributed by atoms with Crippen LogP contribution in [-0.4, -0.2) is 50.2 Å². The number of sulfonamides is 1. The third kappa shape index (κ3) is 5.10. The van der Waals surface area contributed by atoms with Gasteiger partial charge in [-0.3, -0.25) is 9.59 Å². The van der Waals surface area contributed by atoms with E-state index in [9.17, 15) is 18.0 Å². The van der Waals surface area contributed by atoms with E-state index in [2.05, 4.69) is 15.0 Å². The number of H-pyrrole nitrogens is 1. The van der Waals surface area contributed by atoms with E-state index in [1.54, 1.807) is 18.2 Å². The number of hydrogen-bond donors (Lipinski definition) is 3. The van der Waals surface area contributed by atoms with Crippen LogP contribution in [0.2, 0.25) is 0 Å². The van der Waals surface area contributed by atoms with Gasteiger partial charge in [0.15, 0.2) is 5.78 Å². The van der Waals surface area contributed by atoms with Crippen molar-refractivity contribution >= 4 is 26.8 Å². The molecule has 0 saturated carbocycles. The Kier molecular flexibility index (Phi) is 6.50. The Balaban J connectivity index is 1.92. The molecule has 2 aromatic heterocycles. The Hall–Kier alpha value is -2.82. The lowest BCUT2D eigenvalue weighted by Gasteiger charge is -2.36. The largest absolute Gasteiger partial charge is 0.463 e. The number of fused-ring (bicyclic) bond motifs is 1. The molecular formula is C25H30FN3O5S. The van der Waals surface area contributed by atoms with Gasteiger partial charge >= 0.3 is 0 Å². The lowest BCUT2D eigenvalue weighted by molar-refractivity contribution is 0.0612. The van der Waals surface area contributed by atoms with Crippen molar-refractivity contribution in [2.75, 3.05) is 19.3 Å². The van der Waals surface area contributed by atoms with Crippen LogP contribution >= 0.6 is 0 Å². The second-order valence-electron chi connectivity index (χ2n) is 10.2. The molecule has 1 aliphatic heterocycles. The molecule has 2 atom stereocenters. The Morgan fingerprint density at radius 1 is 1.29 bits per heavy atom. The van der Waals surface area contributed by atoms with E-state index in [4.69, 9.17) is 4.42 Å². The summed E-state index contributed by atoms with van der Waals surface area (Å²) < 4.78 is 48.3. The number of pyridine rings is 1. The number of aromatic nitrogens is 1. The van der Waals surface area contributed by atoms with Gasteiger partial charge in [-0.05, 0) is 54.6 Å². The van der Waals surface area contributed by atoms with Crippen LogP contribution in [0.5, 0.6) is 0 Å². The lowest BCUT2D eigenvalue weighted by atomic mass is 9.82. The third-order valence-corrected chi connectivity index (χ3v) is 7.02. The highest BCUT2D eigenvalue weighted by Gasteiger charge is 2.46. The molecule has 2 unspecified atom stereocenters. The monoisotopic (exact) mass is 503 g/mol. The van der Waals surface area contributed by atoms with Crippen LogP contribution < -0.4 is 15.6 Å². The summed E-state index contributed by atoms with van der Waals surface area (Å²) in [5.74, 6) is -0.723. The van der Waals surface area contributed by atoms with Gasteiger partial charge in [0.05, 0.1) is 11.8 Å². The number of ketones is 1. The van der Waals surface area contributed by atoms with Gasteiger partial charge in [-0.1, -0.05) is 20.8 Å². The molecule has 3 N–H and O–H groups in total. The molecule has 10 heteroatoms. The molecular weight excluding hydrogens is 473 g/mol. The summed E-state index contributed by atoms with van der Waals surface area (Å²) >= 11 is 0. The fourth-order valence-electron chi connectivity index (χ4n) is 4.59. The van der Waals surface area contributed by atoms with Gasteiger partial charge in [-0.15, -0.1) is 0 Å². The van der Waals surface area contributed by atoms with Crippen molar-refractivity contribution in [1.82, 2.24) is 15.0 Å². The SMILES string of the molecule is CC(C)(C)c1cc(-c2ccc[nH]c2=O)cc2c(C(=O)C(NS(C)(=O)=O)C3(F)CCCNC3)coc12. The molecule has 1 aliphatic rings. The number of aromatic amines is 1. The number of alkyl halides is 1. The fraction of sp³-hybridized carbons (Fsp3) is 0.440. The number of Topliss-reactive ketones (excluding diaryl/α,β-unsaturated/α-hetero) is 1. The summed E-state index contributed by atoms with van der Waals surface area (Å²) in [6, 6.07) is 5.25. The highest BCUT2D eigenvalue weighted by molar-refractivity contribution is 7.88. The van der Waals surface area contributed by atoms with Gasteiger partial charge in [0.2, 0.25) is 10.0 Å². The first-order valence-corrected chi connectivity index (χ1v) is 13.3. The van der Waals surface area contributed by atoms with Gasteiger partial charge in [-0.2, -0.15) is 0 Å². The molecule has 1 fully saturated rings. The van der Waals surface area contributed by atoms with E-state index in [0.29, 0.717) is 35.1 Å². The van der Waals surface area contributed by atoms with Gasteiger partial charge in [0, 0.05) is 29.3 Å². The predicted octanol–water partition coefficient (Wildman–Crippen LogP) is 3.28. The van der Waals surface area contributed by atoms with Gasteiger partial charge in [0.1, 0.15) is 23.6 Å². The smallest absolute Gasteiger partial charge is 0.255 e. The zero-order valence-corrected chi connectivity index (χ0v) is 21.0. The predicted molar refractivity (Wildman–Crippen MR) is 133 cm³/mol. The number of halogens is 1. The maximum Gasteiger partial charge on any atom is 0.255 e. The van der Waals surface area contributed by atoms with E-state index >= 15 is 4.39 Å². The molecule has 0 radical (unpaired) electrons. The van der Waals surface area contributed by atoms with Crippen molar-refractivity contribution in [2.24, 2.45) is 0 Å². The van der Waals surface area contributed by atoms with E-state index in [0.717, 1.165) is 11.8 Å². The number of benzene rings is 1. The number of nitrogens with one attached hydrogen (secondary N) is 3. The molecule has 1 aromatic carbocycles. The van der Waals surface area contributed by atoms with Gasteiger partial charge in [0.25, 0.3) is 5.56 Å². The molecule has 188 valence electrons. The number of rotatable bonds is 6. The molecule has 8 nitrogen and oxygen atoms in total. The third-order valence-electron chi connectivity index (χ3n) is 6.35. The molecule has 3 heterocycles. The molecule has 35 heavy (non-hydrogen) atoms. The zero-order valence-electron chi connectivity index (χ0n) is 20.2. The number of carbonyl (C=O) groups is 1. The highest BCUT2D eigenvalue weighted by Crippen LogP contribution is 2.38. The van der Waals surface area contributed by atoms with Crippen LogP contribution in [0, 0.1) is 0 Å². The summed E-state index contributed by atoms with van der Waals surface area (Å²) in [5.41, 5.74) is -0.584. The van der Waals surface area contributed by atoms with Crippen molar-refractivity contribution in [2.45, 2.75) is 50.7 Å². The number of hydrogen-bond acceptors (Lipinski definition) is 6. The van der Waals surface area contributed by atoms with Crippen LogP contribution in [-0.2, 0) is 15.4 Å². The summed E-state index contributed by atoms with van der Waals surface area (Å²) in [4.78, 5) is 28.9. The molecule has 3 aromatic rings. The Morgan fingerprint density at radius 3 is 2.63 bits per heavy atom. The average Bonchev–Trinajstić information content (AvgIpc) is 3.20. The molecule has 1 saturated heterocycles. The van der Waals surface area contributed by atoms with Crippen LogP contribution in [0.1, 0.15) is 49.5 Å².